The smallest absolute Gasteiger partial charge is 0.251 e. The fourth-order valence-electron chi connectivity index (χ4n) is 2.27. The Morgan fingerprint density at radius 2 is 1.83 bits per heavy atom. The molecule has 0 unspecified atom stereocenters. The van der Waals surface area contributed by atoms with Crippen LogP contribution in [0.3, 0.4) is 0 Å². The van der Waals surface area contributed by atoms with Crippen molar-refractivity contribution in [3.05, 3.63) is 51.2 Å². The molecule has 3 aromatic rings. The van der Waals surface area contributed by atoms with E-state index in [1.165, 1.54) is 0 Å². The zero-order chi connectivity index (χ0) is 16.4. The number of thiazole rings is 1. The molecule has 0 bridgehead atoms. The standard InChI is InChI=1S/C17H18N4OS/c1-10-9-23-16(19-10)6-7-18-17(22)13-4-5-14-15(8-13)21-12(3)11(2)20-14/h4-5,8-9H,6-7H2,1-3H3,(H,18,22). The minimum absolute atomic E-state index is 0.0970. The number of rotatable bonds is 4. The summed E-state index contributed by atoms with van der Waals surface area (Å²) in [4.78, 5) is 25.6. The predicted octanol–water partition coefficient (Wildman–Crippen LogP) is 2.98. The van der Waals surface area contributed by atoms with Crippen LogP contribution in [0.15, 0.2) is 23.6 Å². The summed E-state index contributed by atoms with van der Waals surface area (Å²) in [5.74, 6) is -0.0970. The van der Waals surface area contributed by atoms with Gasteiger partial charge >= 0.3 is 0 Å². The number of aryl methyl sites for hydroxylation is 3. The molecule has 0 radical (unpaired) electrons. The van der Waals surface area contributed by atoms with Crippen LogP contribution in [0.5, 0.6) is 0 Å². The van der Waals surface area contributed by atoms with Gasteiger partial charge in [-0.05, 0) is 39.0 Å². The van der Waals surface area contributed by atoms with E-state index in [0.717, 1.165) is 39.5 Å². The molecule has 1 amide bonds. The fourth-order valence-corrected chi connectivity index (χ4v) is 3.05. The molecule has 0 saturated carbocycles. The van der Waals surface area contributed by atoms with Gasteiger partial charge in [-0.2, -0.15) is 0 Å². The molecule has 2 heterocycles. The Bertz CT molecular complexity index is 872. The van der Waals surface area contributed by atoms with E-state index >= 15 is 0 Å². The molecule has 23 heavy (non-hydrogen) atoms. The van der Waals surface area contributed by atoms with Gasteiger partial charge in [0.25, 0.3) is 5.91 Å². The number of nitrogens with one attached hydrogen (secondary N) is 1. The second-order valence-corrected chi connectivity index (χ2v) is 6.43. The maximum atomic E-state index is 12.3. The summed E-state index contributed by atoms with van der Waals surface area (Å²) in [7, 11) is 0. The molecule has 0 atom stereocenters. The summed E-state index contributed by atoms with van der Waals surface area (Å²) < 4.78 is 0. The lowest BCUT2D eigenvalue weighted by Crippen LogP contribution is -2.25. The van der Waals surface area contributed by atoms with Crippen molar-refractivity contribution >= 4 is 28.3 Å². The summed E-state index contributed by atoms with van der Waals surface area (Å²) in [6.07, 6.45) is 0.746. The van der Waals surface area contributed by atoms with Crippen LogP contribution in [0.2, 0.25) is 0 Å². The van der Waals surface area contributed by atoms with E-state index in [1.54, 1.807) is 23.5 Å². The molecule has 0 aliphatic carbocycles. The highest BCUT2D eigenvalue weighted by Crippen LogP contribution is 2.14. The third-order valence-electron chi connectivity index (χ3n) is 3.63. The van der Waals surface area contributed by atoms with E-state index in [2.05, 4.69) is 20.3 Å². The van der Waals surface area contributed by atoms with Crippen molar-refractivity contribution in [2.24, 2.45) is 0 Å². The number of nitrogens with zero attached hydrogens (tertiary/aromatic N) is 3. The molecular weight excluding hydrogens is 308 g/mol. The second kappa shape index (κ2) is 6.42. The lowest BCUT2D eigenvalue weighted by Gasteiger charge is -2.06. The number of hydrogen-bond donors (Lipinski definition) is 1. The minimum atomic E-state index is -0.0970. The first-order valence-corrected chi connectivity index (χ1v) is 8.35. The van der Waals surface area contributed by atoms with Crippen LogP contribution in [0.1, 0.15) is 32.4 Å². The number of fused-ring (bicyclic) bond motifs is 1. The summed E-state index contributed by atoms with van der Waals surface area (Å²) in [5, 5.41) is 5.98. The molecule has 0 aliphatic rings. The third kappa shape index (κ3) is 3.53. The highest BCUT2D eigenvalue weighted by atomic mass is 32.1. The van der Waals surface area contributed by atoms with Crippen molar-refractivity contribution in [2.75, 3.05) is 6.54 Å². The van der Waals surface area contributed by atoms with Crippen LogP contribution in [-0.4, -0.2) is 27.4 Å². The second-order valence-electron chi connectivity index (χ2n) is 5.49. The van der Waals surface area contributed by atoms with Crippen molar-refractivity contribution < 1.29 is 4.79 Å². The van der Waals surface area contributed by atoms with E-state index in [-0.39, 0.29) is 5.91 Å². The van der Waals surface area contributed by atoms with Gasteiger partial charge in [-0.15, -0.1) is 11.3 Å². The summed E-state index contributed by atoms with van der Waals surface area (Å²) >= 11 is 1.62. The lowest BCUT2D eigenvalue weighted by atomic mass is 10.1. The summed E-state index contributed by atoms with van der Waals surface area (Å²) in [6, 6.07) is 5.42. The number of benzene rings is 1. The SMILES string of the molecule is Cc1csc(CCNC(=O)c2ccc3nc(C)c(C)nc3c2)n1. The zero-order valence-electron chi connectivity index (χ0n) is 13.4. The van der Waals surface area contributed by atoms with Crippen LogP contribution in [0.25, 0.3) is 11.0 Å². The number of hydrogen-bond acceptors (Lipinski definition) is 5. The minimum Gasteiger partial charge on any atom is -0.352 e. The first-order chi connectivity index (χ1) is 11.0. The van der Waals surface area contributed by atoms with Gasteiger partial charge in [0.05, 0.1) is 27.4 Å². The van der Waals surface area contributed by atoms with Gasteiger partial charge in [0.1, 0.15) is 0 Å². The average molecular weight is 326 g/mol. The monoisotopic (exact) mass is 326 g/mol. The largest absolute Gasteiger partial charge is 0.352 e. The van der Waals surface area contributed by atoms with E-state index in [4.69, 9.17) is 0 Å². The van der Waals surface area contributed by atoms with Crippen LogP contribution in [-0.2, 0) is 6.42 Å². The van der Waals surface area contributed by atoms with Gasteiger partial charge < -0.3 is 5.32 Å². The van der Waals surface area contributed by atoms with Gasteiger partial charge in [-0.3, -0.25) is 4.79 Å². The first kappa shape index (κ1) is 15.6. The van der Waals surface area contributed by atoms with E-state index in [1.807, 2.05) is 32.2 Å². The Balaban J connectivity index is 1.69. The van der Waals surface area contributed by atoms with Crippen LogP contribution in [0, 0.1) is 20.8 Å². The van der Waals surface area contributed by atoms with Crippen LogP contribution >= 0.6 is 11.3 Å². The molecule has 3 rings (SSSR count). The van der Waals surface area contributed by atoms with Crippen LogP contribution < -0.4 is 5.32 Å². The van der Waals surface area contributed by atoms with Crippen molar-refractivity contribution in [3.8, 4) is 0 Å². The summed E-state index contributed by atoms with van der Waals surface area (Å²) in [6.45, 7) is 6.40. The average Bonchev–Trinajstić information content (AvgIpc) is 2.93. The number of carbonyl (C=O) groups is 1. The molecule has 118 valence electrons. The lowest BCUT2D eigenvalue weighted by molar-refractivity contribution is 0.0954. The maximum absolute atomic E-state index is 12.3. The number of amides is 1. The molecule has 0 saturated heterocycles. The number of carbonyl (C=O) groups excluding carboxylic acids is 1. The molecule has 5 nitrogen and oxygen atoms in total. The molecule has 2 aromatic heterocycles. The summed E-state index contributed by atoms with van der Waals surface area (Å²) in [5.41, 5.74) is 4.97. The quantitative estimate of drug-likeness (QED) is 0.800. The van der Waals surface area contributed by atoms with Crippen molar-refractivity contribution in [1.82, 2.24) is 20.3 Å². The fraction of sp³-hybridized carbons (Fsp3) is 0.294. The molecule has 1 aromatic carbocycles. The third-order valence-corrected chi connectivity index (χ3v) is 4.65. The van der Waals surface area contributed by atoms with Gasteiger partial charge in [0.2, 0.25) is 0 Å². The highest BCUT2D eigenvalue weighted by molar-refractivity contribution is 7.09. The molecular formula is C17H18N4OS. The van der Waals surface area contributed by atoms with E-state index in [0.29, 0.717) is 12.1 Å². The molecule has 1 N–H and O–H groups in total. The Morgan fingerprint density at radius 3 is 2.52 bits per heavy atom. The molecule has 6 heteroatoms. The van der Waals surface area contributed by atoms with Crippen LogP contribution in [0.4, 0.5) is 0 Å². The molecule has 0 spiro atoms. The maximum Gasteiger partial charge on any atom is 0.251 e. The zero-order valence-corrected chi connectivity index (χ0v) is 14.2. The van der Waals surface area contributed by atoms with Crippen molar-refractivity contribution in [3.63, 3.8) is 0 Å². The number of aromatic nitrogens is 3. The Hall–Kier alpha value is -2.34. The Morgan fingerprint density at radius 1 is 1.09 bits per heavy atom. The normalized spacial score (nSPS) is 10.9. The Labute approximate surface area is 138 Å². The topological polar surface area (TPSA) is 67.8 Å². The van der Waals surface area contributed by atoms with Crippen molar-refractivity contribution in [1.29, 1.82) is 0 Å². The van der Waals surface area contributed by atoms with E-state index < -0.39 is 0 Å². The van der Waals surface area contributed by atoms with Gasteiger partial charge in [-0.1, -0.05) is 0 Å². The molecule has 0 aliphatic heterocycles. The predicted molar refractivity (Wildman–Crippen MR) is 91.9 cm³/mol. The molecule has 0 fully saturated rings. The highest BCUT2D eigenvalue weighted by Gasteiger charge is 2.09. The van der Waals surface area contributed by atoms with Gasteiger partial charge in [0.15, 0.2) is 0 Å². The van der Waals surface area contributed by atoms with E-state index in [9.17, 15) is 4.79 Å². The first-order valence-electron chi connectivity index (χ1n) is 7.47. The van der Waals surface area contributed by atoms with Gasteiger partial charge in [0, 0.05) is 29.6 Å². The van der Waals surface area contributed by atoms with Gasteiger partial charge in [-0.25, -0.2) is 15.0 Å². The Kier molecular flexibility index (Phi) is 4.34. The van der Waals surface area contributed by atoms with Crippen molar-refractivity contribution in [2.45, 2.75) is 27.2 Å².